The molecule has 0 unspecified atom stereocenters. The molecule has 2 bridgehead atoms. The van der Waals surface area contributed by atoms with Crippen molar-refractivity contribution in [2.45, 2.75) is 38.1 Å². The van der Waals surface area contributed by atoms with E-state index in [-0.39, 0.29) is 17.4 Å². The molecule has 2 aliphatic rings. The average molecular weight is 422 g/mol. The van der Waals surface area contributed by atoms with E-state index in [1.807, 2.05) is 18.2 Å². The molecule has 0 saturated carbocycles. The lowest BCUT2D eigenvalue weighted by molar-refractivity contribution is 0.0251. The minimum atomic E-state index is 0.0765. The van der Waals surface area contributed by atoms with Crippen LogP contribution in [0.25, 0.3) is 22.2 Å². The average Bonchev–Trinajstić information content (AvgIpc) is 3.29. The van der Waals surface area contributed by atoms with Crippen molar-refractivity contribution in [1.82, 2.24) is 14.9 Å². The van der Waals surface area contributed by atoms with Crippen molar-refractivity contribution in [3.8, 4) is 11.1 Å². The van der Waals surface area contributed by atoms with E-state index in [1.165, 1.54) is 22.3 Å². The minimum absolute atomic E-state index is 0.0765. The Hall–Kier alpha value is -3.40. The smallest absolute Gasteiger partial charge is 0.254 e. The van der Waals surface area contributed by atoms with Crippen LogP contribution >= 0.6 is 0 Å². The second kappa shape index (κ2) is 7.06. The van der Waals surface area contributed by atoms with Crippen molar-refractivity contribution in [3.05, 3.63) is 89.7 Å². The lowest BCUT2D eigenvalue weighted by atomic mass is 9.58. The fourth-order valence-electron chi connectivity index (χ4n) is 5.92. The third-order valence-corrected chi connectivity index (χ3v) is 8.04. The lowest BCUT2D eigenvalue weighted by Gasteiger charge is -2.54. The van der Waals surface area contributed by atoms with Gasteiger partial charge in [0, 0.05) is 18.2 Å². The number of fused-ring (bicyclic) bond motifs is 5. The van der Waals surface area contributed by atoms with E-state index in [0.29, 0.717) is 5.92 Å². The number of benzene rings is 3. The molecule has 6 rings (SSSR count). The number of rotatable bonds is 2. The van der Waals surface area contributed by atoms with E-state index < -0.39 is 0 Å². The first kappa shape index (κ1) is 19.3. The number of nitrogens with one attached hydrogen (secondary N) is 1. The zero-order chi connectivity index (χ0) is 21.9. The molecule has 4 heteroatoms. The van der Waals surface area contributed by atoms with Crippen molar-refractivity contribution in [2.24, 2.45) is 5.92 Å². The summed E-state index contributed by atoms with van der Waals surface area (Å²) in [7, 11) is 0. The lowest BCUT2D eigenvalue weighted by Crippen LogP contribution is -2.59. The Kier molecular flexibility index (Phi) is 4.26. The SMILES string of the molecule is C[C@@H]1[C@H]2Cc3ccc(-c4ccccc4)cc3[C@]1(C)CCN2C(=O)c1ccc2nc[nH]c2c1. The van der Waals surface area contributed by atoms with Crippen LogP contribution in [0.5, 0.6) is 0 Å². The van der Waals surface area contributed by atoms with Crippen LogP contribution in [-0.4, -0.2) is 33.4 Å². The van der Waals surface area contributed by atoms with Crippen LogP contribution < -0.4 is 0 Å². The Morgan fingerprint density at radius 2 is 1.91 bits per heavy atom. The molecular formula is C28H27N3O. The van der Waals surface area contributed by atoms with E-state index in [4.69, 9.17) is 0 Å². The van der Waals surface area contributed by atoms with Crippen LogP contribution in [0.4, 0.5) is 0 Å². The first-order valence-electron chi connectivity index (χ1n) is 11.5. The van der Waals surface area contributed by atoms with Crippen molar-refractivity contribution < 1.29 is 4.79 Å². The standard InChI is InChI=1S/C28H27N3O/c1-18-26-16-21-9-8-20(19-6-4-3-5-7-19)14-23(21)28(18,2)12-13-31(26)27(32)22-10-11-24-25(15-22)30-17-29-24/h3-11,14-15,17-18,26H,12-13,16H2,1-2H3,(H,29,30)/t18-,26-,28-/m1/s1. The van der Waals surface area contributed by atoms with Crippen LogP contribution in [0.1, 0.15) is 41.8 Å². The highest BCUT2D eigenvalue weighted by Gasteiger charge is 2.49. The number of piperidine rings is 1. The molecule has 3 aromatic carbocycles. The largest absolute Gasteiger partial charge is 0.345 e. The normalized spacial score (nSPS) is 24.4. The van der Waals surface area contributed by atoms with Gasteiger partial charge in [-0.15, -0.1) is 0 Å². The number of carbonyl (C=O) groups excluding carboxylic acids is 1. The van der Waals surface area contributed by atoms with E-state index in [2.05, 4.69) is 77.2 Å². The molecule has 1 aliphatic carbocycles. The number of aromatic amines is 1. The van der Waals surface area contributed by atoms with Crippen LogP contribution in [0.3, 0.4) is 0 Å². The maximum Gasteiger partial charge on any atom is 0.254 e. The molecule has 0 spiro atoms. The second-order valence-corrected chi connectivity index (χ2v) is 9.60. The highest BCUT2D eigenvalue weighted by atomic mass is 16.2. The summed E-state index contributed by atoms with van der Waals surface area (Å²) in [6.45, 7) is 5.52. The summed E-state index contributed by atoms with van der Waals surface area (Å²) < 4.78 is 0. The van der Waals surface area contributed by atoms with E-state index in [1.54, 1.807) is 6.33 Å². The van der Waals surface area contributed by atoms with Crippen molar-refractivity contribution in [1.29, 1.82) is 0 Å². The van der Waals surface area contributed by atoms with Crippen LogP contribution in [0, 0.1) is 5.92 Å². The Balaban J connectivity index is 1.36. The fourth-order valence-corrected chi connectivity index (χ4v) is 5.92. The van der Waals surface area contributed by atoms with Gasteiger partial charge in [0.25, 0.3) is 5.91 Å². The van der Waals surface area contributed by atoms with Gasteiger partial charge in [0.05, 0.1) is 17.4 Å². The molecule has 4 nitrogen and oxygen atoms in total. The number of nitrogens with zero attached hydrogens (tertiary/aromatic N) is 2. The number of likely N-dealkylation sites (tertiary alicyclic amines) is 1. The molecule has 32 heavy (non-hydrogen) atoms. The predicted octanol–water partition coefficient (Wildman–Crippen LogP) is 5.59. The quantitative estimate of drug-likeness (QED) is 0.458. The Morgan fingerprint density at radius 3 is 2.75 bits per heavy atom. The third kappa shape index (κ3) is 2.82. The first-order valence-corrected chi connectivity index (χ1v) is 11.5. The van der Waals surface area contributed by atoms with Crippen molar-refractivity contribution in [3.63, 3.8) is 0 Å². The number of H-pyrrole nitrogens is 1. The zero-order valence-corrected chi connectivity index (χ0v) is 18.5. The molecule has 0 radical (unpaired) electrons. The number of imidazole rings is 1. The molecule has 1 saturated heterocycles. The van der Waals surface area contributed by atoms with Crippen molar-refractivity contribution in [2.75, 3.05) is 6.54 Å². The van der Waals surface area contributed by atoms with E-state index in [0.717, 1.165) is 36.0 Å². The van der Waals surface area contributed by atoms with Gasteiger partial charge in [-0.2, -0.15) is 0 Å². The highest BCUT2D eigenvalue weighted by Crippen LogP contribution is 2.49. The first-order chi connectivity index (χ1) is 15.5. The second-order valence-electron chi connectivity index (χ2n) is 9.60. The van der Waals surface area contributed by atoms with Gasteiger partial charge >= 0.3 is 0 Å². The van der Waals surface area contributed by atoms with Gasteiger partial charge in [-0.05, 0) is 64.6 Å². The third-order valence-electron chi connectivity index (χ3n) is 8.04. The number of aromatic nitrogens is 2. The molecule has 1 aliphatic heterocycles. The Bertz CT molecular complexity index is 1330. The van der Waals surface area contributed by atoms with E-state index in [9.17, 15) is 4.79 Å². The minimum Gasteiger partial charge on any atom is -0.345 e. The molecule has 1 fully saturated rings. The van der Waals surface area contributed by atoms with Gasteiger partial charge in [-0.3, -0.25) is 4.79 Å². The zero-order valence-electron chi connectivity index (χ0n) is 18.5. The number of carbonyl (C=O) groups is 1. The van der Waals surface area contributed by atoms with E-state index >= 15 is 0 Å². The molecule has 1 amide bonds. The molecule has 1 N–H and O–H groups in total. The van der Waals surface area contributed by atoms with Gasteiger partial charge < -0.3 is 9.88 Å². The maximum atomic E-state index is 13.6. The summed E-state index contributed by atoms with van der Waals surface area (Å²) in [5, 5.41) is 0. The van der Waals surface area contributed by atoms with Crippen LogP contribution in [-0.2, 0) is 11.8 Å². The fraction of sp³-hybridized carbons (Fsp3) is 0.286. The monoisotopic (exact) mass is 421 g/mol. The summed E-state index contributed by atoms with van der Waals surface area (Å²) in [5.41, 5.74) is 8.01. The summed E-state index contributed by atoms with van der Waals surface area (Å²) in [4.78, 5) is 23.1. The molecule has 2 heterocycles. The summed E-state index contributed by atoms with van der Waals surface area (Å²) in [5.74, 6) is 0.527. The summed E-state index contributed by atoms with van der Waals surface area (Å²) in [6.07, 6.45) is 3.57. The molecule has 4 aromatic rings. The molecule has 3 atom stereocenters. The Labute approximate surface area is 188 Å². The molecule has 1 aromatic heterocycles. The summed E-state index contributed by atoms with van der Waals surface area (Å²) in [6, 6.07) is 23.5. The highest BCUT2D eigenvalue weighted by molar-refractivity contribution is 5.97. The van der Waals surface area contributed by atoms with Crippen LogP contribution in [0.15, 0.2) is 73.1 Å². The number of amides is 1. The predicted molar refractivity (Wildman–Crippen MR) is 128 cm³/mol. The van der Waals surface area contributed by atoms with Gasteiger partial charge in [0.15, 0.2) is 0 Å². The number of hydrogen-bond acceptors (Lipinski definition) is 2. The number of hydrogen-bond donors (Lipinski definition) is 1. The van der Waals surface area contributed by atoms with Gasteiger partial charge in [-0.1, -0.05) is 62.4 Å². The summed E-state index contributed by atoms with van der Waals surface area (Å²) >= 11 is 0. The van der Waals surface area contributed by atoms with Crippen LogP contribution in [0.2, 0.25) is 0 Å². The Morgan fingerprint density at radius 1 is 1.06 bits per heavy atom. The molecular weight excluding hydrogens is 394 g/mol. The van der Waals surface area contributed by atoms with Gasteiger partial charge in [0.2, 0.25) is 0 Å². The van der Waals surface area contributed by atoms with Gasteiger partial charge in [-0.25, -0.2) is 4.98 Å². The van der Waals surface area contributed by atoms with Crippen molar-refractivity contribution >= 4 is 16.9 Å². The maximum absolute atomic E-state index is 13.6. The molecule has 160 valence electrons. The van der Waals surface area contributed by atoms with Gasteiger partial charge in [0.1, 0.15) is 0 Å². The topological polar surface area (TPSA) is 49.0 Å².